The van der Waals surface area contributed by atoms with E-state index in [0.717, 1.165) is 5.56 Å². The molecule has 1 aromatic carbocycles. The standard InChI is InChI=1S/C12H10Cl2N2O2/c1-6-10(15)11(18-16-6)12(5-17-12)8-3-2-7(13)4-9(8)14/h2-4H,5,15H2,1H3. The Bertz CT molecular complexity index is 621. The predicted molar refractivity (Wildman–Crippen MR) is 68.8 cm³/mol. The molecule has 4 nitrogen and oxygen atoms in total. The summed E-state index contributed by atoms with van der Waals surface area (Å²) >= 11 is 12.1. The van der Waals surface area contributed by atoms with Crippen molar-refractivity contribution in [3.63, 3.8) is 0 Å². The summed E-state index contributed by atoms with van der Waals surface area (Å²) in [7, 11) is 0. The number of nitrogens with two attached hydrogens (primary N) is 1. The number of hydrogen-bond donors (Lipinski definition) is 1. The number of rotatable bonds is 2. The summed E-state index contributed by atoms with van der Waals surface area (Å²) in [5.74, 6) is 0.504. The summed E-state index contributed by atoms with van der Waals surface area (Å²) in [5, 5.41) is 4.94. The van der Waals surface area contributed by atoms with Crippen LogP contribution in [0.3, 0.4) is 0 Å². The van der Waals surface area contributed by atoms with Gasteiger partial charge in [0.1, 0.15) is 11.4 Å². The molecular formula is C12H10Cl2N2O2. The number of nitrogens with zero attached hydrogens (tertiary/aromatic N) is 1. The van der Waals surface area contributed by atoms with E-state index in [4.69, 9.17) is 38.2 Å². The minimum absolute atomic E-state index is 0.465. The van der Waals surface area contributed by atoms with E-state index in [-0.39, 0.29) is 0 Å². The van der Waals surface area contributed by atoms with E-state index in [1.807, 2.05) is 6.07 Å². The Morgan fingerprint density at radius 1 is 1.39 bits per heavy atom. The number of ether oxygens (including phenoxy) is 1. The van der Waals surface area contributed by atoms with Crippen molar-refractivity contribution in [2.24, 2.45) is 0 Å². The summed E-state index contributed by atoms with van der Waals surface area (Å²) in [6.07, 6.45) is 0. The molecule has 1 unspecified atom stereocenters. The van der Waals surface area contributed by atoms with Gasteiger partial charge in [-0.05, 0) is 19.1 Å². The fourth-order valence-corrected chi connectivity index (χ4v) is 2.53. The Labute approximate surface area is 114 Å². The smallest absolute Gasteiger partial charge is 0.198 e. The van der Waals surface area contributed by atoms with Crippen LogP contribution in [-0.4, -0.2) is 11.8 Å². The summed E-state index contributed by atoms with van der Waals surface area (Å²) < 4.78 is 10.8. The Balaban J connectivity index is 2.13. The van der Waals surface area contributed by atoms with Crippen molar-refractivity contribution >= 4 is 28.9 Å². The van der Waals surface area contributed by atoms with Crippen molar-refractivity contribution in [3.05, 3.63) is 45.3 Å². The summed E-state index contributed by atoms with van der Waals surface area (Å²) in [4.78, 5) is 0. The predicted octanol–water partition coefficient (Wildman–Crippen LogP) is 3.15. The maximum absolute atomic E-state index is 6.20. The molecule has 0 amide bonds. The second-order valence-electron chi connectivity index (χ2n) is 4.25. The average molecular weight is 285 g/mol. The molecule has 0 bridgehead atoms. The van der Waals surface area contributed by atoms with Gasteiger partial charge in [0.25, 0.3) is 0 Å². The molecule has 0 spiro atoms. The van der Waals surface area contributed by atoms with Crippen molar-refractivity contribution in [3.8, 4) is 0 Å². The highest BCUT2D eigenvalue weighted by Crippen LogP contribution is 2.50. The summed E-state index contributed by atoms with van der Waals surface area (Å²) in [6, 6.07) is 5.24. The molecule has 6 heteroatoms. The molecule has 3 rings (SSSR count). The Hall–Kier alpha value is -1.23. The SMILES string of the molecule is Cc1noc(C2(c3ccc(Cl)cc3Cl)CO2)c1N. The van der Waals surface area contributed by atoms with Gasteiger partial charge in [-0.3, -0.25) is 0 Å². The van der Waals surface area contributed by atoms with Gasteiger partial charge in [-0.1, -0.05) is 34.4 Å². The van der Waals surface area contributed by atoms with Crippen LogP contribution in [0.5, 0.6) is 0 Å². The number of hydrogen-bond acceptors (Lipinski definition) is 4. The van der Waals surface area contributed by atoms with Gasteiger partial charge >= 0.3 is 0 Å². The molecule has 1 aromatic heterocycles. The molecular weight excluding hydrogens is 275 g/mol. The van der Waals surface area contributed by atoms with E-state index in [1.165, 1.54) is 0 Å². The van der Waals surface area contributed by atoms with Gasteiger partial charge in [-0.15, -0.1) is 0 Å². The Kier molecular flexibility index (Phi) is 2.55. The number of aryl methyl sites for hydroxylation is 1. The van der Waals surface area contributed by atoms with Crippen LogP contribution in [0.15, 0.2) is 22.7 Å². The van der Waals surface area contributed by atoms with Crippen LogP contribution in [0.1, 0.15) is 17.0 Å². The fourth-order valence-electron chi connectivity index (χ4n) is 1.97. The lowest BCUT2D eigenvalue weighted by Crippen LogP contribution is -2.12. The summed E-state index contributed by atoms with van der Waals surface area (Å²) in [5.41, 5.74) is 7.16. The molecule has 2 heterocycles. The van der Waals surface area contributed by atoms with Gasteiger partial charge in [0.05, 0.1) is 6.61 Å². The fraction of sp³-hybridized carbons (Fsp3) is 0.250. The third-order valence-electron chi connectivity index (χ3n) is 3.07. The van der Waals surface area contributed by atoms with E-state index in [2.05, 4.69) is 5.16 Å². The van der Waals surface area contributed by atoms with Crippen LogP contribution >= 0.6 is 23.2 Å². The lowest BCUT2D eigenvalue weighted by molar-refractivity contribution is 0.274. The first-order chi connectivity index (χ1) is 8.54. The zero-order valence-electron chi connectivity index (χ0n) is 9.54. The number of halogens is 2. The largest absolute Gasteiger partial charge is 0.394 e. The van der Waals surface area contributed by atoms with E-state index >= 15 is 0 Å². The molecule has 0 radical (unpaired) electrons. The van der Waals surface area contributed by atoms with Crippen molar-refractivity contribution in [1.29, 1.82) is 0 Å². The number of aromatic nitrogens is 1. The van der Waals surface area contributed by atoms with Crippen molar-refractivity contribution in [2.75, 3.05) is 12.3 Å². The maximum atomic E-state index is 6.20. The van der Waals surface area contributed by atoms with E-state index in [0.29, 0.717) is 33.8 Å². The van der Waals surface area contributed by atoms with Gasteiger partial charge < -0.3 is 15.0 Å². The first-order valence-electron chi connectivity index (χ1n) is 5.36. The minimum Gasteiger partial charge on any atom is -0.394 e. The third kappa shape index (κ3) is 1.61. The van der Waals surface area contributed by atoms with E-state index in [1.54, 1.807) is 19.1 Å². The third-order valence-corrected chi connectivity index (χ3v) is 3.62. The topological polar surface area (TPSA) is 64.6 Å². The quantitative estimate of drug-likeness (QED) is 0.861. The number of nitrogen functional groups attached to an aromatic ring is 1. The molecule has 2 N–H and O–H groups in total. The monoisotopic (exact) mass is 284 g/mol. The highest BCUT2D eigenvalue weighted by atomic mass is 35.5. The van der Waals surface area contributed by atoms with Crippen LogP contribution in [0.2, 0.25) is 10.0 Å². The molecule has 1 aliphatic rings. The number of benzene rings is 1. The molecule has 0 saturated carbocycles. The van der Waals surface area contributed by atoms with E-state index in [9.17, 15) is 0 Å². The maximum Gasteiger partial charge on any atom is 0.198 e. The molecule has 2 aromatic rings. The van der Waals surface area contributed by atoms with Gasteiger partial charge in [-0.25, -0.2) is 0 Å². The Morgan fingerprint density at radius 3 is 2.61 bits per heavy atom. The van der Waals surface area contributed by atoms with Crippen molar-refractivity contribution in [1.82, 2.24) is 5.16 Å². The molecule has 1 saturated heterocycles. The van der Waals surface area contributed by atoms with Crippen LogP contribution in [-0.2, 0) is 10.3 Å². The van der Waals surface area contributed by atoms with Gasteiger partial charge in [0.2, 0.25) is 0 Å². The highest BCUT2D eigenvalue weighted by Gasteiger charge is 2.54. The van der Waals surface area contributed by atoms with Gasteiger partial charge in [0, 0.05) is 15.6 Å². The second kappa shape index (κ2) is 3.88. The average Bonchev–Trinajstić information content (AvgIpc) is 3.03. The lowest BCUT2D eigenvalue weighted by atomic mass is 9.96. The molecule has 1 fully saturated rings. The number of epoxide rings is 1. The zero-order valence-corrected chi connectivity index (χ0v) is 11.0. The lowest BCUT2D eigenvalue weighted by Gasteiger charge is -2.11. The van der Waals surface area contributed by atoms with Gasteiger partial charge in [-0.2, -0.15) is 0 Å². The first kappa shape index (κ1) is 11.8. The van der Waals surface area contributed by atoms with Gasteiger partial charge in [0.15, 0.2) is 11.4 Å². The molecule has 1 aliphatic heterocycles. The first-order valence-corrected chi connectivity index (χ1v) is 6.12. The van der Waals surface area contributed by atoms with Crippen molar-refractivity contribution in [2.45, 2.75) is 12.5 Å². The van der Waals surface area contributed by atoms with Crippen LogP contribution in [0.4, 0.5) is 5.69 Å². The van der Waals surface area contributed by atoms with Crippen LogP contribution in [0, 0.1) is 6.92 Å². The minimum atomic E-state index is -0.715. The highest BCUT2D eigenvalue weighted by molar-refractivity contribution is 6.35. The molecule has 1 atom stereocenters. The zero-order chi connectivity index (χ0) is 12.9. The molecule has 0 aliphatic carbocycles. The number of anilines is 1. The second-order valence-corrected chi connectivity index (χ2v) is 5.09. The van der Waals surface area contributed by atoms with Crippen LogP contribution in [0.25, 0.3) is 0 Å². The van der Waals surface area contributed by atoms with Crippen molar-refractivity contribution < 1.29 is 9.26 Å². The molecule has 18 heavy (non-hydrogen) atoms. The van der Waals surface area contributed by atoms with E-state index < -0.39 is 5.60 Å². The Morgan fingerprint density at radius 2 is 2.11 bits per heavy atom. The van der Waals surface area contributed by atoms with Crippen LogP contribution < -0.4 is 5.73 Å². The summed E-state index contributed by atoms with van der Waals surface area (Å²) in [6.45, 7) is 2.25. The molecule has 94 valence electrons. The normalized spacial score (nSPS) is 22.2.